The predicted molar refractivity (Wildman–Crippen MR) is 98.5 cm³/mol. The van der Waals surface area contributed by atoms with Crippen LogP contribution in [0, 0.1) is 11.7 Å². The molecule has 0 unspecified atom stereocenters. The Balaban J connectivity index is 1.77. The Labute approximate surface area is 152 Å². The molecule has 1 fully saturated rings. The van der Waals surface area contributed by atoms with E-state index in [1.54, 1.807) is 0 Å². The second kappa shape index (κ2) is 6.94. The van der Waals surface area contributed by atoms with Crippen molar-refractivity contribution in [3.05, 3.63) is 64.4 Å². The van der Waals surface area contributed by atoms with E-state index in [1.165, 1.54) is 6.07 Å². The van der Waals surface area contributed by atoms with Crippen LogP contribution in [0.4, 0.5) is 10.1 Å². The van der Waals surface area contributed by atoms with Crippen LogP contribution in [0.2, 0.25) is 5.02 Å². The topological polar surface area (TPSA) is 33.3 Å². The molecule has 0 amide bonds. The van der Waals surface area contributed by atoms with Crippen LogP contribution in [0.15, 0.2) is 42.5 Å². The Morgan fingerprint density at radius 2 is 2.04 bits per heavy atom. The number of hydrogen-bond donors (Lipinski definition) is 2. The van der Waals surface area contributed by atoms with Crippen LogP contribution in [0.1, 0.15) is 36.1 Å². The summed E-state index contributed by atoms with van der Waals surface area (Å²) in [4.78, 5) is 0. The van der Waals surface area contributed by atoms with Gasteiger partial charge in [-0.05, 0) is 37.6 Å². The third kappa shape index (κ3) is 3.14. The number of anilines is 1. The van der Waals surface area contributed by atoms with Gasteiger partial charge < -0.3 is 15.4 Å². The van der Waals surface area contributed by atoms with Gasteiger partial charge >= 0.3 is 0 Å². The van der Waals surface area contributed by atoms with E-state index < -0.39 is 0 Å². The minimum atomic E-state index is -0.318. The standard InChI is InChI=1S/C20H22ClFN2O/c1-23-11-14-7-8-15-18(12-5-3-2-4-6-12)24-19-16(20(15)25-14)9-13(21)10-17(19)22/h2-6,9-10,14-15,18,20,23-24H,7-8,11H2,1H3/t14-,15+,18-,20+/m1/s1. The lowest BCUT2D eigenvalue weighted by Crippen LogP contribution is -2.41. The summed E-state index contributed by atoms with van der Waals surface area (Å²) in [5.74, 6) is -0.0675. The van der Waals surface area contributed by atoms with Crippen molar-refractivity contribution in [2.45, 2.75) is 31.1 Å². The normalized spacial score (nSPS) is 28.0. The van der Waals surface area contributed by atoms with E-state index in [4.69, 9.17) is 16.3 Å². The van der Waals surface area contributed by atoms with E-state index >= 15 is 0 Å². The molecule has 0 bridgehead atoms. The van der Waals surface area contributed by atoms with Gasteiger partial charge in [0.2, 0.25) is 0 Å². The smallest absolute Gasteiger partial charge is 0.148 e. The second-order valence-electron chi connectivity index (χ2n) is 6.86. The summed E-state index contributed by atoms with van der Waals surface area (Å²) in [6.07, 6.45) is 2.00. The number of hydrogen-bond acceptors (Lipinski definition) is 3. The van der Waals surface area contributed by atoms with Crippen LogP contribution in [0.25, 0.3) is 0 Å². The molecule has 132 valence electrons. The number of rotatable bonds is 3. The molecule has 4 atom stereocenters. The van der Waals surface area contributed by atoms with E-state index in [0.717, 1.165) is 30.5 Å². The molecule has 2 N–H and O–H groups in total. The molecule has 2 aromatic carbocycles. The highest BCUT2D eigenvalue weighted by Gasteiger charge is 2.43. The van der Waals surface area contributed by atoms with Gasteiger partial charge in [0.15, 0.2) is 0 Å². The first-order valence-electron chi connectivity index (χ1n) is 8.78. The van der Waals surface area contributed by atoms with Gasteiger partial charge in [0.25, 0.3) is 0 Å². The van der Waals surface area contributed by atoms with Crippen LogP contribution < -0.4 is 10.6 Å². The Hall–Kier alpha value is -1.62. The van der Waals surface area contributed by atoms with Crippen molar-refractivity contribution < 1.29 is 9.13 Å². The monoisotopic (exact) mass is 360 g/mol. The van der Waals surface area contributed by atoms with Gasteiger partial charge in [-0.2, -0.15) is 0 Å². The maximum atomic E-state index is 14.6. The van der Waals surface area contributed by atoms with Gasteiger partial charge in [-0.25, -0.2) is 4.39 Å². The molecule has 4 rings (SSSR count). The SMILES string of the molecule is CNC[C@H]1CC[C@H]2[C@@H](c3ccccc3)Nc3c(F)cc(Cl)cc3[C@H]2O1. The molecule has 2 aliphatic heterocycles. The molecular weight excluding hydrogens is 339 g/mol. The molecular formula is C20H22ClFN2O. The average Bonchev–Trinajstić information content (AvgIpc) is 2.62. The fraction of sp³-hybridized carbons (Fsp3) is 0.400. The average molecular weight is 361 g/mol. The molecule has 2 aliphatic rings. The second-order valence-corrected chi connectivity index (χ2v) is 7.30. The lowest BCUT2D eigenvalue weighted by molar-refractivity contribution is -0.0912. The molecule has 0 aromatic heterocycles. The van der Waals surface area contributed by atoms with E-state index in [2.05, 4.69) is 22.8 Å². The van der Waals surface area contributed by atoms with Crippen LogP contribution in [-0.4, -0.2) is 19.7 Å². The van der Waals surface area contributed by atoms with Crippen molar-refractivity contribution in [1.82, 2.24) is 5.32 Å². The summed E-state index contributed by atoms with van der Waals surface area (Å²) in [7, 11) is 1.93. The number of benzene rings is 2. The van der Waals surface area contributed by atoms with Crippen molar-refractivity contribution in [1.29, 1.82) is 0 Å². The largest absolute Gasteiger partial charge is 0.375 e. The van der Waals surface area contributed by atoms with Crippen LogP contribution in [0.5, 0.6) is 0 Å². The zero-order valence-corrected chi connectivity index (χ0v) is 14.9. The van der Waals surface area contributed by atoms with Gasteiger partial charge in [-0.1, -0.05) is 41.9 Å². The highest BCUT2D eigenvalue weighted by molar-refractivity contribution is 6.30. The summed E-state index contributed by atoms with van der Waals surface area (Å²) in [6.45, 7) is 0.797. The predicted octanol–water partition coefficient (Wildman–Crippen LogP) is 4.70. The van der Waals surface area contributed by atoms with Crippen molar-refractivity contribution >= 4 is 17.3 Å². The third-order valence-electron chi connectivity index (χ3n) is 5.26. The van der Waals surface area contributed by atoms with E-state index in [1.807, 2.05) is 31.3 Å². The number of nitrogens with one attached hydrogen (secondary N) is 2. The summed E-state index contributed by atoms with van der Waals surface area (Å²) in [5, 5.41) is 7.02. The van der Waals surface area contributed by atoms with E-state index in [-0.39, 0.29) is 30.0 Å². The maximum absolute atomic E-state index is 14.6. The first-order valence-corrected chi connectivity index (χ1v) is 9.15. The summed E-state index contributed by atoms with van der Waals surface area (Å²) < 4.78 is 21.0. The Morgan fingerprint density at radius 1 is 1.24 bits per heavy atom. The molecule has 25 heavy (non-hydrogen) atoms. The molecule has 5 heteroatoms. The highest BCUT2D eigenvalue weighted by atomic mass is 35.5. The van der Waals surface area contributed by atoms with Crippen molar-refractivity contribution in [2.75, 3.05) is 18.9 Å². The zero-order chi connectivity index (χ0) is 17.4. The molecule has 0 radical (unpaired) electrons. The van der Waals surface area contributed by atoms with Crippen LogP contribution in [0.3, 0.4) is 0 Å². The molecule has 3 nitrogen and oxygen atoms in total. The quantitative estimate of drug-likeness (QED) is 0.832. The first-order chi connectivity index (χ1) is 12.2. The summed E-state index contributed by atoms with van der Waals surface area (Å²) >= 11 is 6.13. The fourth-order valence-electron chi connectivity index (χ4n) is 4.15. The molecule has 0 saturated carbocycles. The van der Waals surface area contributed by atoms with Gasteiger partial charge in [-0.3, -0.25) is 0 Å². The highest BCUT2D eigenvalue weighted by Crippen LogP contribution is 2.51. The molecule has 0 aliphatic carbocycles. The maximum Gasteiger partial charge on any atom is 0.148 e. The zero-order valence-electron chi connectivity index (χ0n) is 14.1. The summed E-state index contributed by atoms with van der Waals surface area (Å²) in [6, 6.07) is 13.5. The van der Waals surface area contributed by atoms with Crippen molar-refractivity contribution in [3.8, 4) is 0 Å². The van der Waals surface area contributed by atoms with Gasteiger partial charge in [0.05, 0.1) is 23.9 Å². The molecule has 2 aromatic rings. The number of fused-ring (bicyclic) bond motifs is 3. The molecule has 0 spiro atoms. The number of likely N-dealkylation sites (N-methyl/N-ethyl adjacent to an activating group) is 1. The lowest BCUT2D eigenvalue weighted by atomic mass is 9.76. The van der Waals surface area contributed by atoms with Gasteiger partial charge in [-0.15, -0.1) is 0 Å². The minimum Gasteiger partial charge on any atom is -0.375 e. The fourth-order valence-corrected chi connectivity index (χ4v) is 4.37. The number of halogens is 2. The Morgan fingerprint density at radius 3 is 2.80 bits per heavy atom. The molecule has 1 saturated heterocycles. The van der Waals surface area contributed by atoms with Crippen molar-refractivity contribution in [2.24, 2.45) is 5.92 Å². The Kier molecular flexibility index (Phi) is 4.67. The van der Waals surface area contributed by atoms with Crippen LogP contribution >= 0.6 is 11.6 Å². The third-order valence-corrected chi connectivity index (χ3v) is 5.48. The first kappa shape index (κ1) is 16.8. The van der Waals surface area contributed by atoms with Crippen molar-refractivity contribution in [3.63, 3.8) is 0 Å². The minimum absolute atomic E-state index is 0.0323. The number of ether oxygens (including phenoxy) is 1. The van der Waals surface area contributed by atoms with E-state index in [0.29, 0.717) is 10.7 Å². The van der Waals surface area contributed by atoms with Gasteiger partial charge in [0.1, 0.15) is 5.82 Å². The van der Waals surface area contributed by atoms with Crippen LogP contribution in [-0.2, 0) is 4.74 Å². The van der Waals surface area contributed by atoms with Gasteiger partial charge in [0, 0.05) is 23.0 Å². The molecule has 2 heterocycles. The summed E-state index contributed by atoms with van der Waals surface area (Å²) in [5.41, 5.74) is 2.51. The van der Waals surface area contributed by atoms with E-state index in [9.17, 15) is 4.39 Å². The Bertz CT molecular complexity index is 755. The lowest BCUT2D eigenvalue weighted by Gasteiger charge is -2.45.